The summed E-state index contributed by atoms with van der Waals surface area (Å²) in [4.78, 5) is 9.00. The summed E-state index contributed by atoms with van der Waals surface area (Å²) in [5.41, 5.74) is 1.32. The molecule has 17 heavy (non-hydrogen) atoms. The summed E-state index contributed by atoms with van der Waals surface area (Å²) < 4.78 is 0. The maximum absolute atomic E-state index is 9.00. The SMILES string of the molecule is CC(=O)O.Cc1ccccc1.c1ccccc1. The van der Waals surface area contributed by atoms with E-state index >= 15 is 0 Å². The van der Waals surface area contributed by atoms with Gasteiger partial charge in [-0.15, -0.1) is 0 Å². The van der Waals surface area contributed by atoms with Gasteiger partial charge in [0.1, 0.15) is 0 Å². The van der Waals surface area contributed by atoms with Crippen molar-refractivity contribution in [3.63, 3.8) is 0 Å². The number of aliphatic carboxylic acids is 1. The molecule has 0 aliphatic carbocycles. The van der Waals surface area contributed by atoms with Crippen molar-refractivity contribution in [1.82, 2.24) is 0 Å². The fourth-order valence-corrected chi connectivity index (χ4v) is 0.919. The van der Waals surface area contributed by atoms with Crippen LogP contribution in [0.25, 0.3) is 0 Å². The Bertz CT molecular complexity index is 351. The molecule has 0 radical (unpaired) electrons. The number of carbonyl (C=O) groups is 1. The van der Waals surface area contributed by atoms with Crippen LogP contribution in [0.1, 0.15) is 12.5 Å². The number of benzene rings is 2. The lowest BCUT2D eigenvalue weighted by atomic mass is 10.2. The van der Waals surface area contributed by atoms with Gasteiger partial charge in [-0.2, -0.15) is 0 Å². The van der Waals surface area contributed by atoms with Crippen LogP contribution in [0.15, 0.2) is 66.7 Å². The summed E-state index contributed by atoms with van der Waals surface area (Å²) in [5.74, 6) is -0.833. The van der Waals surface area contributed by atoms with E-state index < -0.39 is 5.97 Å². The molecule has 2 aromatic rings. The molecular weight excluding hydrogens is 212 g/mol. The molecule has 2 nitrogen and oxygen atoms in total. The molecule has 0 aliphatic rings. The van der Waals surface area contributed by atoms with E-state index in [1.54, 1.807) is 0 Å². The smallest absolute Gasteiger partial charge is 0.300 e. The van der Waals surface area contributed by atoms with Crippen molar-refractivity contribution >= 4 is 5.97 Å². The number of aryl methyl sites for hydroxylation is 1. The van der Waals surface area contributed by atoms with Crippen LogP contribution in [0.4, 0.5) is 0 Å². The van der Waals surface area contributed by atoms with Crippen LogP contribution in [0, 0.1) is 6.92 Å². The monoisotopic (exact) mass is 230 g/mol. The third-order valence-corrected chi connectivity index (χ3v) is 1.61. The molecule has 2 rings (SSSR count). The lowest BCUT2D eigenvalue weighted by Crippen LogP contribution is -1.78. The Morgan fingerprint density at radius 1 is 0.824 bits per heavy atom. The predicted molar refractivity (Wildman–Crippen MR) is 70.9 cm³/mol. The normalized spacial score (nSPS) is 7.88. The highest BCUT2D eigenvalue weighted by molar-refractivity contribution is 5.62. The summed E-state index contributed by atoms with van der Waals surface area (Å²) in [5, 5.41) is 7.42. The molecule has 90 valence electrons. The van der Waals surface area contributed by atoms with Gasteiger partial charge in [0.25, 0.3) is 5.97 Å². The molecule has 0 spiro atoms. The van der Waals surface area contributed by atoms with E-state index in [9.17, 15) is 0 Å². The fourth-order valence-electron chi connectivity index (χ4n) is 0.919. The van der Waals surface area contributed by atoms with E-state index in [0.29, 0.717) is 0 Å². The van der Waals surface area contributed by atoms with Gasteiger partial charge < -0.3 is 5.11 Å². The van der Waals surface area contributed by atoms with E-state index in [1.807, 2.05) is 54.6 Å². The minimum Gasteiger partial charge on any atom is -0.481 e. The predicted octanol–water partition coefficient (Wildman–Crippen LogP) is 3.77. The largest absolute Gasteiger partial charge is 0.481 e. The van der Waals surface area contributed by atoms with Gasteiger partial charge in [-0.1, -0.05) is 72.3 Å². The Morgan fingerprint density at radius 2 is 1.06 bits per heavy atom. The van der Waals surface area contributed by atoms with Crippen LogP contribution in [-0.4, -0.2) is 11.1 Å². The Morgan fingerprint density at radius 3 is 1.24 bits per heavy atom. The van der Waals surface area contributed by atoms with E-state index in [4.69, 9.17) is 9.90 Å². The number of hydrogen-bond donors (Lipinski definition) is 1. The Hall–Kier alpha value is -2.09. The molecule has 1 N–H and O–H groups in total. The second kappa shape index (κ2) is 10.4. The molecule has 0 aromatic heterocycles. The lowest BCUT2D eigenvalue weighted by Gasteiger charge is -1.82. The third-order valence-electron chi connectivity index (χ3n) is 1.61. The van der Waals surface area contributed by atoms with Gasteiger partial charge in [0.2, 0.25) is 0 Å². The van der Waals surface area contributed by atoms with Crippen LogP contribution in [-0.2, 0) is 4.79 Å². The second-order valence-corrected chi connectivity index (χ2v) is 3.33. The zero-order valence-electron chi connectivity index (χ0n) is 10.2. The zero-order chi connectivity index (χ0) is 12.9. The highest BCUT2D eigenvalue weighted by Gasteiger charge is 1.72. The topological polar surface area (TPSA) is 37.3 Å². The first-order valence-corrected chi connectivity index (χ1v) is 5.34. The van der Waals surface area contributed by atoms with Crippen molar-refractivity contribution in [2.45, 2.75) is 13.8 Å². The Balaban J connectivity index is 0.000000236. The van der Waals surface area contributed by atoms with Crippen molar-refractivity contribution in [3.8, 4) is 0 Å². The molecule has 2 heteroatoms. The second-order valence-electron chi connectivity index (χ2n) is 3.33. The molecule has 2 aromatic carbocycles. The Kier molecular flexibility index (Phi) is 9.15. The number of hydrogen-bond acceptors (Lipinski definition) is 1. The first-order chi connectivity index (χ1) is 8.13. The highest BCUT2D eigenvalue weighted by atomic mass is 16.4. The zero-order valence-corrected chi connectivity index (χ0v) is 10.2. The lowest BCUT2D eigenvalue weighted by molar-refractivity contribution is -0.134. The molecule has 0 saturated carbocycles. The van der Waals surface area contributed by atoms with Crippen LogP contribution in [0.2, 0.25) is 0 Å². The molecular formula is C15H18O2. The molecule has 0 aliphatic heterocycles. The summed E-state index contributed by atoms with van der Waals surface area (Å²) in [6, 6.07) is 22.3. The summed E-state index contributed by atoms with van der Waals surface area (Å²) in [6.45, 7) is 3.17. The minimum absolute atomic E-state index is 0.833. The fraction of sp³-hybridized carbons (Fsp3) is 0.133. The van der Waals surface area contributed by atoms with Crippen LogP contribution in [0.3, 0.4) is 0 Å². The summed E-state index contributed by atoms with van der Waals surface area (Å²) >= 11 is 0. The number of carboxylic acid groups (broad SMARTS) is 1. The standard InChI is InChI=1S/C7H8.C6H6.C2H4O2/c1-7-5-3-2-4-6-7;1-2-4-6-5-3-1;1-2(3)4/h2-6H,1H3;1-6H;1H3,(H,3,4). The maximum atomic E-state index is 9.00. The molecule has 0 amide bonds. The molecule has 0 heterocycles. The first kappa shape index (κ1) is 14.9. The Labute approximate surface area is 103 Å². The van der Waals surface area contributed by atoms with Gasteiger partial charge in [0, 0.05) is 6.92 Å². The number of carboxylic acids is 1. The van der Waals surface area contributed by atoms with Crippen molar-refractivity contribution in [2.75, 3.05) is 0 Å². The first-order valence-electron chi connectivity index (χ1n) is 5.34. The van der Waals surface area contributed by atoms with E-state index in [1.165, 1.54) is 5.56 Å². The van der Waals surface area contributed by atoms with Gasteiger partial charge in [0.15, 0.2) is 0 Å². The van der Waals surface area contributed by atoms with E-state index in [2.05, 4.69) is 19.1 Å². The third kappa shape index (κ3) is 13.9. The minimum atomic E-state index is -0.833. The van der Waals surface area contributed by atoms with Gasteiger partial charge in [0.05, 0.1) is 0 Å². The van der Waals surface area contributed by atoms with Crippen molar-refractivity contribution in [2.24, 2.45) is 0 Å². The van der Waals surface area contributed by atoms with Crippen molar-refractivity contribution < 1.29 is 9.90 Å². The number of rotatable bonds is 0. The van der Waals surface area contributed by atoms with Gasteiger partial charge in [-0.3, -0.25) is 4.79 Å². The van der Waals surface area contributed by atoms with Crippen LogP contribution >= 0.6 is 0 Å². The van der Waals surface area contributed by atoms with Crippen LogP contribution < -0.4 is 0 Å². The quantitative estimate of drug-likeness (QED) is 0.748. The van der Waals surface area contributed by atoms with Gasteiger partial charge in [-0.25, -0.2) is 0 Å². The molecule has 0 bridgehead atoms. The van der Waals surface area contributed by atoms with E-state index in [0.717, 1.165) is 6.92 Å². The van der Waals surface area contributed by atoms with E-state index in [-0.39, 0.29) is 0 Å². The highest BCUT2D eigenvalue weighted by Crippen LogP contribution is 1.92. The summed E-state index contributed by atoms with van der Waals surface area (Å²) in [6.07, 6.45) is 0. The van der Waals surface area contributed by atoms with Crippen molar-refractivity contribution in [1.29, 1.82) is 0 Å². The molecule has 0 atom stereocenters. The average Bonchev–Trinajstić information content (AvgIpc) is 2.32. The maximum Gasteiger partial charge on any atom is 0.300 e. The van der Waals surface area contributed by atoms with Gasteiger partial charge >= 0.3 is 0 Å². The summed E-state index contributed by atoms with van der Waals surface area (Å²) in [7, 11) is 0. The van der Waals surface area contributed by atoms with Crippen molar-refractivity contribution in [3.05, 3.63) is 72.3 Å². The van der Waals surface area contributed by atoms with Gasteiger partial charge in [-0.05, 0) is 6.92 Å². The molecule has 0 saturated heterocycles. The molecule has 0 unspecified atom stereocenters. The van der Waals surface area contributed by atoms with Crippen LogP contribution in [0.5, 0.6) is 0 Å². The molecule has 0 fully saturated rings. The average molecular weight is 230 g/mol.